The largest absolute Gasteiger partial charge is 1.00 e. The molecule has 0 radical (unpaired) electrons. The Labute approximate surface area is 124 Å². The van der Waals surface area contributed by atoms with Crippen molar-refractivity contribution in [2.75, 3.05) is 47.5 Å². The van der Waals surface area contributed by atoms with E-state index >= 15 is 0 Å². The van der Waals surface area contributed by atoms with Crippen molar-refractivity contribution in [1.82, 2.24) is 0 Å². The third-order valence-electron chi connectivity index (χ3n) is 1.24. The normalized spacial score (nSPS) is 9.50. The smallest absolute Gasteiger partial charge is 0.328 e. The molecule has 0 aliphatic carbocycles. The van der Waals surface area contributed by atoms with Gasteiger partial charge in [0, 0.05) is 12.2 Å². The van der Waals surface area contributed by atoms with E-state index < -0.39 is 11.9 Å². The fourth-order valence-electron chi connectivity index (χ4n) is 0.443. The highest BCUT2D eigenvalue weighted by Crippen LogP contribution is 1.84. The summed E-state index contributed by atoms with van der Waals surface area (Å²) < 4.78 is 0.844. The van der Waals surface area contributed by atoms with E-state index in [1.54, 1.807) is 0 Å². The van der Waals surface area contributed by atoms with Gasteiger partial charge in [-0.15, -0.1) is 0 Å². The molecule has 8 nitrogen and oxygen atoms in total. The summed E-state index contributed by atoms with van der Waals surface area (Å²) in [4.78, 5) is 19.1. The minimum Gasteiger partial charge on any atom is -1.00 e. The number of nitrogens with zero attached hydrogens (tertiary/aromatic N) is 1. The van der Waals surface area contributed by atoms with Crippen LogP contribution in [-0.2, 0) is 9.59 Å². The molecule has 0 spiro atoms. The Hall–Kier alpha value is -1.19. The summed E-state index contributed by atoms with van der Waals surface area (Å²) >= 11 is 0. The lowest BCUT2D eigenvalue weighted by Gasteiger charge is -2.21. The van der Waals surface area contributed by atoms with Crippen LogP contribution >= 0.6 is 0 Å². The van der Waals surface area contributed by atoms with Crippen molar-refractivity contribution in [3.8, 4) is 0 Å². The minimum absolute atomic E-state index is 0. The number of likely N-dealkylation sites (N-methyl/N-ethyl adjacent to an activating group) is 1. The first kappa shape index (κ1) is 27.2. The Morgan fingerprint density at radius 2 is 1.15 bits per heavy atom. The number of carbonyl (C=O) groups is 2. The molecule has 0 heterocycles. The van der Waals surface area contributed by atoms with Gasteiger partial charge in [-0.1, -0.05) is 0 Å². The Kier molecular flexibility index (Phi) is 24.2. The maximum absolute atomic E-state index is 9.55. The molecule has 0 unspecified atom stereocenters. The number of carboxylic acids is 2. The summed E-state index contributed by atoms with van der Waals surface area (Å²) in [6.07, 6.45) is 1.12. The Balaban J connectivity index is -0.0000000986. The molecule has 0 atom stereocenters. The maximum atomic E-state index is 9.55. The molecule has 9 heteroatoms. The van der Waals surface area contributed by atoms with Gasteiger partial charge in [0.25, 0.3) is 0 Å². The van der Waals surface area contributed by atoms with Crippen LogP contribution in [0.3, 0.4) is 0 Å². The van der Waals surface area contributed by atoms with Gasteiger partial charge in [0.05, 0.1) is 41.0 Å². The standard InChI is InChI=1S/C5H14NO.C4H4O4.C2H6O2.ClH/c1-6(2,3)4-5-7;5-3(6)1-2-4(7)8;3-1-2-4;/h7H,4-5H2,1-3H3;1-2H,(H,5,6)(H,7,8);3-4H,1-2H2;1H/q+1;;;/p-1/b;2-1-;;. The van der Waals surface area contributed by atoms with E-state index in [4.69, 9.17) is 25.5 Å². The summed E-state index contributed by atoms with van der Waals surface area (Å²) in [6.45, 7) is 0.865. The maximum Gasteiger partial charge on any atom is 0.328 e. The van der Waals surface area contributed by atoms with Gasteiger partial charge >= 0.3 is 11.9 Å². The molecule has 0 saturated carbocycles. The lowest BCUT2D eigenvalue weighted by atomic mass is 10.5. The highest BCUT2D eigenvalue weighted by Gasteiger charge is 2.02. The van der Waals surface area contributed by atoms with Crippen LogP contribution < -0.4 is 12.4 Å². The van der Waals surface area contributed by atoms with Gasteiger partial charge in [0.15, 0.2) is 0 Å². The molecule has 0 aromatic heterocycles. The predicted octanol–water partition coefficient (Wildman–Crippen LogP) is -4.63. The topological polar surface area (TPSA) is 135 Å². The summed E-state index contributed by atoms with van der Waals surface area (Å²) in [5.74, 6) is -2.51. The monoisotopic (exact) mass is 317 g/mol. The van der Waals surface area contributed by atoms with Gasteiger partial charge < -0.3 is 42.4 Å². The molecule has 5 N–H and O–H groups in total. The van der Waals surface area contributed by atoms with Gasteiger partial charge in [-0.25, -0.2) is 9.59 Å². The summed E-state index contributed by atoms with van der Waals surface area (Å²) in [7, 11) is 6.16. The average molecular weight is 318 g/mol. The van der Waals surface area contributed by atoms with Gasteiger partial charge in [0.1, 0.15) is 6.54 Å². The fourth-order valence-corrected chi connectivity index (χ4v) is 0.443. The van der Waals surface area contributed by atoms with E-state index in [9.17, 15) is 9.59 Å². The lowest BCUT2D eigenvalue weighted by Crippen LogP contribution is -3.00. The second-order valence-electron chi connectivity index (χ2n) is 4.19. The van der Waals surface area contributed by atoms with Crippen LogP contribution in [0.5, 0.6) is 0 Å². The molecule has 122 valence electrons. The quantitative estimate of drug-likeness (QED) is 0.254. The first-order valence-electron chi connectivity index (χ1n) is 5.37. The first-order valence-corrected chi connectivity index (χ1v) is 5.37. The molecule has 0 amide bonds. The SMILES string of the molecule is C[N+](C)(C)CCO.O=C(O)/C=C\C(=O)O.OCCO.[Cl-]. The third kappa shape index (κ3) is 54.1. The molecule has 0 saturated heterocycles. The van der Waals surface area contributed by atoms with Gasteiger partial charge in [-0.05, 0) is 0 Å². The number of hydrogen-bond acceptors (Lipinski definition) is 5. The highest BCUT2D eigenvalue weighted by atomic mass is 35.5. The third-order valence-corrected chi connectivity index (χ3v) is 1.24. The van der Waals surface area contributed by atoms with Crippen LogP contribution in [-0.4, -0.2) is 89.5 Å². The van der Waals surface area contributed by atoms with E-state index in [2.05, 4.69) is 21.1 Å². The van der Waals surface area contributed by atoms with Crippen molar-refractivity contribution >= 4 is 11.9 Å². The molecular formula is C11H24ClNO7. The Bertz CT molecular complexity index is 246. The molecule has 0 rings (SSSR count). The van der Waals surface area contributed by atoms with Crippen molar-refractivity contribution in [1.29, 1.82) is 0 Å². The van der Waals surface area contributed by atoms with E-state index in [0.717, 1.165) is 11.0 Å². The number of halogens is 1. The first-order chi connectivity index (χ1) is 8.60. The number of quaternary nitrogens is 1. The zero-order chi connectivity index (χ0) is 15.9. The number of hydrogen-bond donors (Lipinski definition) is 5. The minimum atomic E-state index is -1.26. The van der Waals surface area contributed by atoms with Gasteiger partial charge in [-0.3, -0.25) is 0 Å². The molecule has 20 heavy (non-hydrogen) atoms. The second-order valence-corrected chi connectivity index (χ2v) is 4.19. The number of aliphatic hydroxyl groups is 3. The van der Waals surface area contributed by atoms with Gasteiger partial charge in [0.2, 0.25) is 0 Å². The van der Waals surface area contributed by atoms with E-state index in [-0.39, 0.29) is 32.2 Å². The number of aliphatic hydroxyl groups excluding tert-OH is 3. The van der Waals surface area contributed by atoms with Crippen molar-refractivity contribution in [2.24, 2.45) is 0 Å². The van der Waals surface area contributed by atoms with Crippen molar-refractivity contribution in [3.63, 3.8) is 0 Å². The molecule has 0 aliphatic heterocycles. The van der Waals surface area contributed by atoms with Crippen LogP contribution in [0.1, 0.15) is 0 Å². The molecule has 0 bridgehead atoms. The van der Waals surface area contributed by atoms with Crippen LogP contribution in [0.25, 0.3) is 0 Å². The summed E-state index contributed by atoms with van der Waals surface area (Å²) in [5, 5.41) is 39.3. The van der Waals surface area contributed by atoms with Crippen molar-refractivity contribution < 1.29 is 52.0 Å². The Morgan fingerprint density at radius 3 is 1.20 bits per heavy atom. The Morgan fingerprint density at radius 1 is 0.850 bits per heavy atom. The average Bonchev–Trinajstić information content (AvgIpc) is 2.26. The van der Waals surface area contributed by atoms with Crippen molar-refractivity contribution in [2.45, 2.75) is 0 Å². The summed E-state index contributed by atoms with van der Waals surface area (Å²) in [5.41, 5.74) is 0. The zero-order valence-electron chi connectivity index (χ0n) is 11.9. The zero-order valence-corrected chi connectivity index (χ0v) is 12.6. The predicted molar refractivity (Wildman–Crippen MR) is 68.6 cm³/mol. The molecule has 0 aromatic carbocycles. The lowest BCUT2D eigenvalue weighted by molar-refractivity contribution is -0.870. The number of carboxylic acid groups (broad SMARTS) is 2. The highest BCUT2D eigenvalue weighted by molar-refractivity contribution is 5.89. The van der Waals surface area contributed by atoms with Gasteiger partial charge in [-0.2, -0.15) is 0 Å². The van der Waals surface area contributed by atoms with E-state index in [0.29, 0.717) is 12.2 Å². The van der Waals surface area contributed by atoms with Crippen LogP contribution in [0, 0.1) is 0 Å². The fraction of sp³-hybridized carbons (Fsp3) is 0.636. The molecule has 0 aliphatic rings. The number of aliphatic carboxylic acids is 2. The second kappa shape index (κ2) is 17.8. The number of rotatable bonds is 5. The summed E-state index contributed by atoms with van der Waals surface area (Å²) in [6, 6.07) is 0. The van der Waals surface area contributed by atoms with E-state index in [1.165, 1.54) is 0 Å². The van der Waals surface area contributed by atoms with Crippen molar-refractivity contribution in [3.05, 3.63) is 12.2 Å². The van der Waals surface area contributed by atoms with Crippen LogP contribution in [0.4, 0.5) is 0 Å². The van der Waals surface area contributed by atoms with Crippen LogP contribution in [0.15, 0.2) is 12.2 Å². The van der Waals surface area contributed by atoms with Crippen LogP contribution in [0.2, 0.25) is 0 Å². The molecular weight excluding hydrogens is 294 g/mol. The van der Waals surface area contributed by atoms with E-state index in [1.807, 2.05) is 0 Å². The molecule has 0 fully saturated rings. The molecule has 0 aromatic rings.